The second kappa shape index (κ2) is 15.1. The molecule has 1 aromatic carbocycles. The molecule has 0 bridgehead atoms. The number of alkyl halides is 7. The lowest BCUT2D eigenvalue weighted by Crippen LogP contribution is -2.23. The minimum atomic E-state index is -5.08. The number of aromatic nitrogens is 4. The molecule has 0 saturated heterocycles. The van der Waals surface area contributed by atoms with Crippen LogP contribution >= 0.6 is 11.8 Å². The average Bonchev–Trinajstić information content (AvgIpc) is 3.34. The number of benzene rings is 1. The van der Waals surface area contributed by atoms with Crippen LogP contribution in [-0.4, -0.2) is 97.0 Å². The third-order valence-electron chi connectivity index (χ3n) is 6.63. The van der Waals surface area contributed by atoms with E-state index in [1.165, 1.54) is 4.90 Å². The Labute approximate surface area is 274 Å². The maximum atomic E-state index is 15.8. The molecule has 0 spiro atoms. The molecule has 1 aliphatic rings. The first-order chi connectivity index (χ1) is 22.7. The van der Waals surface area contributed by atoms with Crippen LogP contribution in [0, 0.1) is 11.7 Å². The van der Waals surface area contributed by atoms with Crippen LogP contribution in [0.1, 0.15) is 18.9 Å². The zero-order valence-electron chi connectivity index (χ0n) is 25.4. The van der Waals surface area contributed by atoms with Crippen molar-refractivity contribution in [3.05, 3.63) is 42.0 Å². The lowest BCUT2D eigenvalue weighted by molar-refractivity contribution is -0.193. The number of H-pyrrole nitrogens is 1. The molecule has 12 nitrogen and oxygen atoms in total. The molecule has 21 heteroatoms. The number of carboxylic acids is 2. The number of carbonyl (C=O) groups excluding carboxylic acids is 2. The molecule has 4 N–H and O–H groups in total. The summed E-state index contributed by atoms with van der Waals surface area (Å²) in [6.45, 7) is 1.88. The molecule has 2 amide bonds. The quantitative estimate of drug-likeness (QED) is 0.145. The van der Waals surface area contributed by atoms with Crippen molar-refractivity contribution in [3.8, 4) is 11.1 Å². The van der Waals surface area contributed by atoms with Gasteiger partial charge in [0.1, 0.15) is 12.0 Å². The summed E-state index contributed by atoms with van der Waals surface area (Å²) in [5, 5.41) is 29.1. The van der Waals surface area contributed by atoms with Gasteiger partial charge in [-0.25, -0.2) is 22.9 Å². The zero-order chi connectivity index (χ0) is 37.0. The van der Waals surface area contributed by atoms with Crippen LogP contribution in [-0.2, 0) is 25.6 Å². The van der Waals surface area contributed by atoms with Gasteiger partial charge in [0.15, 0.2) is 5.82 Å². The summed E-state index contributed by atoms with van der Waals surface area (Å²) in [6.07, 6.45) is -7.17. The molecule has 0 unspecified atom stereocenters. The van der Waals surface area contributed by atoms with Gasteiger partial charge in [-0.15, -0.1) is 11.8 Å². The van der Waals surface area contributed by atoms with Crippen LogP contribution in [0.15, 0.2) is 35.5 Å². The largest absolute Gasteiger partial charge is 0.490 e. The number of hydrogen-bond acceptors (Lipinski definition) is 7. The van der Waals surface area contributed by atoms with E-state index in [9.17, 15) is 40.3 Å². The number of carboxylic acid groups (broad SMARTS) is 2. The first-order valence-corrected chi connectivity index (χ1v) is 14.7. The summed E-state index contributed by atoms with van der Waals surface area (Å²) < 4.78 is 94.0. The first kappa shape index (κ1) is 38.5. The van der Waals surface area contributed by atoms with E-state index < -0.39 is 36.4 Å². The van der Waals surface area contributed by atoms with Crippen molar-refractivity contribution >= 4 is 57.8 Å². The average molecular weight is 727 g/mol. The van der Waals surface area contributed by atoms with Crippen LogP contribution in [0.2, 0.25) is 0 Å². The van der Waals surface area contributed by atoms with Crippen LogP contribution in [0.5, 0.6) is 0 Å². The Morgan fingerprint density at radius 1 is 1.08 bits per heavy atom. The SMILES string of the molecule is CCc1c(F)c(SCC(=O)N(C)C)c2[nH]ncc2c1-c1ccn2nc(NC(=O)[C@@H]3C[C@@H]3F)cc2c1.O=C(O)C(F)(F)F.O=C(O)C(F)(F)F. The summed E-state index contributed by atoms with van der Waals surface area (Å²) in [5.41, 5.74) is 3.24. The second-order valence-electron chi connectivity index (χ2n) is 10.4. The number of hydrogen-bond donors (Lipinski definition) is 4. The number of nitrogens with zero attached hydrogens (tertiary/aromatic N) is 4. The van der Waals surface area contributed by atoms with Crippen molar-refractivity contribution in [1.82, 2.24) is 24.7 Å². The predicted octanol–water partition coefficient (Wildman–Crippen LogP) is 5.32. The maximum Gasteiger partial charge on any atom is 0.490 e. The van der Waals surface area contributed by atoms with Gasteiger partial charge in [-0.2, -0.15) is 36.5 Å². The fraction of sp³-hybridized carbons (Fsp3) is 0.357. The number of amides is 2. The van der Waals surface area contributed by atoms with Gasteiger partial charge in [0, 0.05) is 31.7 Å². The normalized spacial score (nSPS) is 15.5. The van der Waals surface area contributed by atoms with Crippen LogP contribution < -0.4 is 5.32 Å². The predicted molar refractivity (Wildman–Crippen MR) is 158 cm³/mol. The Hall–Kier alpha value is -4.95. The van der Waals surface area contributed by atoms with Crippen LogP contribution in [0.3, 0.4) is 0 Å². The Morgan fingerprint density at radius 3 is 2.14 bits per heavy atom. The summed E-state index contributed by atoms with van der Waals surface area (Å²) in [6, 6.07) is 5.38. The van der Waals surface area contributed by atoms with Gasteiger partial charge < -0.3 is 20.4 Å². The lowest BCUT2D eigenvalue weighted by Gasteiger charge is -2.16. The van der Waals surface area contributed by atoms with Crippen molar-refractivity contribution < 1.29 is 64.5 Å². The molecule has 3 aromatic heterocycles. The molecule has 49 heavy (non-hydrogen) atoms. The molecule has 5 rings (SSSR count). The number of carbonyl (C=O) groups is 4. The summed E-state index contributed by atoms with van der Waals surface area (Å²) in [7, 11) is 3.33. The third-order valence-corrected chi connectivity index (χ3v) is 7.70. The van der Waals surface area contributed by atoms with Gasteiger partial charge in [0.05, 0.1) is 33.8 Å². The monoisotopic (exact) mass is 726 g/mol. The van der Waals surface area contributed by atoms with Gasteiger partial charge >= 0.3 is 24.3 Å². The standard InChI is InChI=1S/C24H24F2N6O2S.2C2HF3O2/c1-4-14-20(16-10-27-29-22(16)23(21(14)26)35-11-19(33)31(2)3)12-5-6-32-13(7-12)8-18(30-32)28-24(34)15-9-17(15)25;2*3-2(4,5)1(6)7/h5-8,10,15,17H,4,9,11H2,1-3H3,(H,27,29)(H,28,30,34);2*(H,6,7)/t15-,17+;;/m1../s1. The van der Waals surface area contributed by atoms with Gasteiger partial charge in [0.25, 0.3) is 0 Å². The topological polar surface area (TPSA) is 170 Å². The van der Waals surface area contributed by atoms with E-state index in [1.54, 1.807) is 37.1 Å². The van der Waals surface area contributed by atoms with E-state index >= 15 is 4.39 Å². The first-order valence-electron chi connectivity index (χ1n) is 13.7. The van der Waals surface area contributed by atoms with Crippen molar-refractivity contribution in [2.24, 2.45) is 5.92 Å². The van der Waals surface area contributed by atoms with Gasteiger partial charge in [-0.1, -0.05) is 6.92 Å². The molecular formula is C28H26F8N6O6S. The van der Waals surface area contributed by atoms with E-state index in [2.05, 4.69) is 20.6 Å². The van der Waals surface area contributed by atoms with Crippen LogP contribution in [0.4, 0.5) is 40.9 Å². The second-order valence-corrected chi connectivity index (χ2v) is 11.3. The minimum Gasteiger partial charge on any atom is -0.475 e. The Morgan fingerprint density at radius 2 is 1.65 bits per heavy atom. The Kier molecular flexibility index (Phi) is 11.8. The number of pyridine rings is 1. The number of aromatic amines is 1. The summed E-state index contributed by atoms with van der Waals surface area (Å²) >= 11 is 1.15. The fourth-order valence-corrected chi connectivity index (χ4v) is 5.17. The third kappa shape index (κ3) is 9.57. The van der Waals surface area contributed by atoms with Crippen LogP contribution in [0.25, 0.3) is 27.5 Å². The minimum absolute atomic E-state index is 0.109. The van der Waals surface area contributed by atoms with Crippen molar-refractivity contribution in [3.63, 3.8) is 0 Å². The Balaban J connectivity index is 0.000000392. The molecule has 1 saturated carbocycles. The number of aliphatic carboxylic acids is 2. The summed E-state index contributed by atoms with van der Waals surface area (Å²) in [4.78, 5) is 43.8. The molecule has 4 aromatic rings. The number of anilines is 1. The smallest absolute Gasteiger partial charge is 0.475 e. The van der Waals surface area contributed by atoms with E-state index in [4.69, 9.17) is 19.8 Å². The van der Waals surface area contributed by atoms with Crippen molar-refractivity contribution in [2.45, 2.75) is 43.2 Å². The van der Waals surface area contributed by atoms with Gasteiger partial charge in [0.2, 0.25) is 11.8 Å². The highest BCUT2D eigenvalue weighted by Gasteiger charge is 2.44. The van der Waals surface area contributed by atoms with E-state index in [0.29, 0.717) is 39.3 Å². The fourth-order valence-electron chi connectivity index (χ4n) is 4.09. The Bertz CT molecular complexity index is 1850. The van der Waals surface area contributed by atoms with E-state index in [0.717, 1.165) is 22.7 Å². The van der Waals surface area contributed by atoms with Gasteiger partial charge in [-0.3, -0.25) is 14.7 Å². The number of fused-ring (bicyclic) bond motifs is 2. The molecule has 0 aliphatic heterocycles. The summed E-state index contributed by atoms with van der Waals surface area (Å²) in [5.74, 6) is -6.54. The van der Waals surface area contributed by atoms with Crippen molar-refractivity contribution in [2.75, 3.05) is 25.2 Å². The number of halogens is 8. The highest BCUT2D eigenvalue weighted by atomic mass is 32.2. The van der Waals surface area contributed by atoms with E-state index in [1.807, 2.05) is 19.1 Å². The number of rotatable bonds is 7. The van der Waals surface area contributed by atoms with Crippen molar-refractivity contribution in [1.29, 1.82) is 0 Å². The molecule has 3 heterocycles. The van der Waals surface area contributed by atoms with Gasteiger partial charge in [-0.05, 0) is 41.7 Å². The molecule has 1 aliphatic carbocycles. The molecule has 2 atom stereocenters. The van der Waals surface area contributed by atoms with E-state index in [-0.39, 0.29) is 29.8 Å². The maximum absolute atomic E-state index is 15.8. The number of nitrogens with one attached hydrogen (secondary N) is 2. The molecule has 266 valence electrons. The lowest BCUT2D eigenvalue weighted by atomic mass is 9.94. The molecular weight excluding hydrogens is 700 g/mol. The molecule has 1 fully saturated rings. The highest BCUT2D eigenvalue weighted by molar-refractivity contribution is 8.00. The molecule has 0 radical (unpaired) electrons. The highest BCUT2D eigenvalue weighted by Crippen LogP contribution is 2.41. The number of thioether (sulfide) groups is 1. The zero-order valence-corrected chi connectivity index (χ0v) is 26.2.